The monoisotopic (exact) mass is 522 g/mol. The van der Waals surface area contributed by atoms with Crippen molar-refractivity contribution in [1.29, 1.82) is 0 Å². The molecule has 1 saturated heterocycles. The Morgan fingerprint density at radius 2 is 1.82 bits per heavy atom. The SMILES string of the molecule is CCC(C)CN1CCN(c2ccc(Nc3ncc4cc(C(=O)O)n(C5CCCC5)c4n3)nc2)CC1.CNC. The quantitative estimate of drug-likeness (QED) is 0.397. The number of hydrogen-bond acceptors (Lipinski definition) is 8. The summed E-state index contributed by atoms with van der Waals surface area (Å²) in [4.78, 5) is 30.5. The summed E-state index contributed by atoms with van der Waals surface area (Å²) in [6.07, 6.45) is 9.00. The van der Waals surface area contributed by atoms with E-state index < -0.39 is 5.97 Å². The molecule has 4 heterocycles. The van der Waals surface area contributed by atoms with Crippen molar-refractivity contribution < 1.29 is 9.90 Å². The van der Waals surface area contributed by atoms with Gasteiger partial charge in [0, 0.05) is 50.3 Å². The van der Waals surface area contributed by atoms with E-state index >= 15 is 0 Å². The van der Waals surface area contributed by atoms with Crippen LogP contribution in [0.4, 0.5) is 17.5 Å². The Morgan fingerprint density at radius 3 is 2.42 bits per heavy atom. The number of pyridine rings is 1. The summed E-state index contributed by atoms with van der Waals surface area (Å²) in [5, 5.41) is 16.4. The molecule has 1 saturated carbocycles. The number of carboxylic acid groups (broad SMARTS) is 1. The highest BCUT2D eigenvalue weighted by molar-refractivity contribution is 5.93. The molecule has 2 fully saturated rings. The van der Waals surface area contributed by atoms with Gasteiger partial charge in [0.05, 0.1) is 11.9 Å². The zero-order chi connectivity index (χ0) is 27.1. The molecular weight excluding hydrogens is 480 g/mol. The third-order valence-electron chi connectivity index (χ3n) is 7.48. The number of carbonyl (C=O) groups is 1. The predicted octanol–water partition coefficient (Wildman–Crippen LogP) is 4.39. The third-order valence-corrected chi connectivity index (χ3v) is 7.48. The van der Waals surface area contributed by atoms with Crippen LogP contribution in [0.2, 0.25) is 0 Å². The van der Waals surface area contributed by atoms with Crippen LogP contribution >= 0.6 is 0 Å². The summed E-state index contributed by atoms with van der Waals surface area (Å²) in [6, 6.07) is 5.88. The first-order valence-corrected chi connectivity index (χ1v) is 13.8. The summed E-state index contributed by atoms with van der Waals surface area (Å²) >= 11 is 0. The summed E-state index contributed by atoms with van der Waals surface area (Å²) in [5.41, 5.74) is 2.07. The van der Waals surface area contributed by atoms with E-state index in [1.807, 2.05) is 30.9 Å². The number of piperazine rings is 1. The predicted molar refractivity (Wildman–Crippen MR) is 153 cm³/mol. The number of carboxylic acids is 1. The second-order valence-electron chi connectivity index (χ2n) is 10.4. The van der Waals surface area contributed by atoms with Crippen LogP contribution in [0, 0.1) is 5.92 Å². The lowest BCUT2D eigenvalue weighted by molar-refractivity contribution is 0.0683. The molecule has 0 radical (unpaired) electrons. The summed E-state index contributed by atoms with van der Waals surface area (Å²) in [5.74, 6) is 0.903. The molecule has 3 N–H and O–H groups in total. The van der Waals surface area contributed by atoms with Crippen molar-refractivity contribution in [2.24, 2.45) is 5.92 Å². The number of aromatic nitrogens is 4. The maximum Gasteiger partial charge on any atom is 0.352 e. The fourth-order valence-corrected chi connectivity index (χ4v) is 5.29. The standard InChI is InChI=1S/C26H35N7O2.C2H7N/c1-3-18(2)17-31-10-12-32(13-11-31)21-8-9-23(27-16-21)29-26-28-15-19-14-22(25(34)35)33(24(19)30-26)20-6-4-5-7-20;1-3-2/h8-9,14-16,18,20H,3-7,10-13,17H2,1-2H3,(H,34,35)(H,27,28,29,30);3H,1-2H3. The number of fused-ring (bicyclic) bond motifs is 1. The highest BCUT2D eigenvalue weighted by atomic mass is 16.4. The second kappa shape index (κ2) is 13.0. The minimum atomic E-state index is -0.928. The Kier molecular flexibility index (Phi) is 9.52. The van der Waals surface area contributed by atoms with Gasteiger partial charge in [0.1, 0.15) is 17.2 Å². The molecule has 3 aromatic rings. The van der Waals surface area contributed by atoms with Crippen molar-refractivity contribution in [3.8, 4) is 0 Å². The number of anilines is 3. The minimum Gasteiger partial charge on any atom is -0.477 e. The Labute approximate surface area is 225 Å². The fourth-order valence-electron chi connectivity index (χ4n) is 5.29. The molecule has 38 heavy (non-hydrogen) atoms. The van der Waals surface area contributed by atoms with E-state index in [-0.39, 0.29) is 11.7 Å². The molecule has 3 aromatic heterocycles. The van der Waals surface area contributed by atoms with Crippen LogP contribution in [0.3, 0.4) is 0 Å². The zero-order valence-electron chi connectivity index (χ0n) is 23.2. The van der Waals surface area contributed by atoms with Crippen molar-refractivity contribution in [1.82, 2.24) is 29.7 Å². The van der Waals surface area contributed by atoms with E-state index in [4.69, 9.17) is 4.98 Å². The minimum absolute atomic E-state index is 0.171. The summed E-state index contributed by atoms with van der Waals surface area (Å²) in [7, 11) is 3.75. The molecule has 0 bridgehead atoms. The van der Waals surface area contributed by atoms with Gasteiger partial charge >= 0.3 is 5.97 Å². The summed E-state index contributed by atoms with van der Waals surface area (Å²) < 4.78 is 1.88. The lowest BCUT2D eigenvalue weighted by Gasteiger charge is -2.37. The van der Waals surface area contributed by atoms with Gasteiger partial charge in [-0.1, -0.05) is 33.1 Å². The Morgan fingerprint density at radius 1 is 1.11 bits per heavy atom. The topological polar surface area (TPSA) is 111 Å². The second-order valence-corrected chi connectivity index (χ2v) is 10.4. The molecule has 1 aliphatic heterocycles. The Hall–Kier alpha value is -3.24. The van der Waals surface area contributed by atoms with Gasteiger partial charge in [0.25, 0.3) is 0 Å². The van der Waals surface area contributed by atoms with Gasteiger partial charge in [0.15, 0.2) is 0 Å². The maximum atomic E-state index is 11.9. The average molecular weight is 523 g/mol. The molecule has 10 heteroatoms. The molecular formula is C28H42N8O2. The van der Waals surface area contributed by atoms with Crippen LogP contribution in [-0.2, 0) is 0 Å². The van der Waals surface area contributed by atoms with Crippen LogP contribution in [0.5, 0.6) is 0 Å². The number of nitrogens with one attached hydrogen (secondary N) is 2. The van der Waals surface area contributed by atoms with Crippen molar-refractivity contribution in [3.05, 3.63) is 36.3 Å². The molecule has 0 aromatic carbocycles. The molecule has 0 spiro atoms. The maximum absolute atomic E-state index is 11.9. The lowest BCUT2D eigenvalue weighted by Crippen LogP contribution is -2.47. The Bertz CT molecular complexity index is 1180. The third kappa shape index (κ3) is 6.60. The first-order chi connectivity index (χ1) is 18.4. The van der Waals surface area contributed by atoms with Crippen LogP contribution in [0.25, 0.3) is 11.0 Å². The van der Waals surface area contributed by atoms with Gasteiger partial charge in [-0.3, -0.25) is 4.90 Å². The van der Waals surface area contributed by atoms with E-state index in [2.05, 4.69) is 50.3 Å². The van der Waals surface area contributed by atoms with E-state index in [1.165, 1.54) is 13.0 Å². The summed E-state index contributed by atoms with van der Waals surface area (Å²) in [6.45, 7) is 9.93. The van der Waals surface area contributed by atoms with Gasteiger partial charge in [-0.05, 0) is 51.1 Å². The van der Waals surface area contributed by atoms with Crippen LogP contribution in [0.15, 0.2) is 30.6 Å². The largest absolute Gasteiger partial charge is 0.477 e. The lowest BCUT2D eigenvalue weighted by atomic mass is 10.1. The van der Waals surface area contributed by atoms with E-state index in [1.54, 1.807) is 12.3 Å². The van der Waals surface area contributed by atoms with Gasteiger partial charge in [-0.2, -0.15) is 4.98 Å². The number of nitrogens with zero attached hydrogens (tertiary/aromatic N) is 6. The molecule has 1 atom stereocenters. The highest BCUT2D eigenvalue weighted by Gasteiger charge is 2.25. The molecule has 206 valence electrons. The molecule has 10 nitrogen and oxygen atoms in total. The smallest absolute Gasteiger partial charge is 0.352 e. The van der Waals surface area contributed by atoms with E-state index in [0.29, 0.717) is 17.4 Å². The molecule has 2 aliphatic rings. The van der Waals surface area contributed by atoms with Crippen molar-refractivity contribution in [2.75, 3.05) is 57.0 Å². The van der Waals surface area contributed by atoms with Gasteiger partial charge in [-0.25, -0.2) is 14.8 Å². The number of aromatic carboxylic acids is 1. The number of hydrogen-bond donors (Lipinski definition) is 3. The van der Waals surface area contributed by atoms with E-state index in [0.717, 1.165) is 68.9 Å². The first-order valence-electron chi connectivity index (χ1n) is 13.8. The zero-order valence-corrected chi connectivity index (χ0v) is 23.2. The van der Waals surface area contributed by atoms with Gasteiger partial charge < -0.3 is 25.2 Å². The van der Waals surface area contributed by atoms with E-state index in [9.17, 15) is 9.90 Å². The average Bonchev–Trinajstić information content (AvgIpc) is 3.58. The molecule has 0 amide bonds. The number of rotatable bonds is 8. The fraction of sp³-hybridized carbons (Fsp3) is 0.571. The molecule has 5 rings (SSSR count). The van der Waals surface area contributed by atoms with Crippen LogP contribution in [0.1, 0.15) is 62.5 Å². The van der Waals surface area contributed by atoms with Crippen LogP contribution in [-0.4, -0.2) is 82.3 Å². The van der Waals surface area contributed by atoms with Crippen molar-refractivity contribution >= 4 is 34.5 Å². The highest BCUT2D eigenvalue weighted by Crippen LogP contribution is 2.34. The normalized spacial score (nSPS) is 17.3. The Balaban J connectivity index is 0.00000107. The molecule has 1 unspecified atom stereocenters. The van der Waals surface area contributed by atoms with Crippen molar-refractivity contribution in [2.45, 2.75) is 52.0 Å². The first kappa shape index (κ1) is 27.8. The van der Waals surface area contributed by atoms with Gasteiger partial charge in [-0.15, -0.1) is 0 Å². The van der Waals surface area contributed by atoms with Gasteiger partial charge in [0.2, 0.25) is 5.95 Å². The van der Waals surface area contributed by atoms with Crippen LogP contribution < -0.4 is 15.5 Å². The van der Waals surface area contributed by atoms with Crippen molar-refractivity contribution in [3.63, 3.8) is 0 Å². The molecule has 1 aliphatic carbocycles.